The van der Waals surface area contributed by atoms with Gasteiger partial charge in [-0.15, -0.1) is 0 Å². The van der Waals surface area contributed by atoms with E-state index in [2.05, 4.69) is 9.88 Å². The van der Waals surface area contributed by atoms with Crippen LogP contribution in [0.5, 0.6) is 0 Å². The van der Waals surface area contributed by atoms with E-state index >= 15 is 0 Å². The molecule has 0 bridgehead atoms. The largest absolute Gasteiger partial charge is 0.364 e. The van der Waals surface area contributed by atoms with E-state index in [0.717, 1.165) is 22.5 Å². The topological polar surface area (TPSA) is 58.4 Å². The summed E-state index contributed by atoms with van der Waals surface area (Å²) in [6.45, 7) is 1.50. The number of aryl methyl sites for hydroxylation is 1. The molecule has 0 spiro atoms. The van der Waals surface area contributed by atoms with Crippen molar-refractivity contribution in [3.8, 4) is 0 Å². The first-order valence-corrected chi connectivity index (χ1v) is 12.0. The second-order valence-corrected chi connectivity index (χ2v) is 10.2. The number of nitrogens with zero attached hydrogens (tertiary/aromatic N) is 4. The second-order valence-electron chi connectivity index (χ2n) is 7.80. The van der Waals surface area contributed by atoms with E-state index in [0.29, 0.717) is 31.1 Å². The number of imidazole rings is 1. The zero-order valence-corrected chi connectivity index (χ0v) is 18.6. The Balaban J connectivity index is 1.77. The molecule has 0 aliphatic carbocycles. The van der Waals surface area contributed by atoms with E-state index in [-0.39, 0.29) is 6.04 Å². The predicted octanol–water partition coefficient (Wildman–Crippen LogP) is 3.47. The van der Waals surface area contributed by atoms with Gasteiger partial charge in [-0.3, -0.25) is 0 Å². The molecule has 0 saturated heterocycles. The summed E-state index contributed by atoms with van der Waals surface area (Å²) in [5.41, 5.74) is 4.08. The Labute approximate surface area is 182 Å². The van der Waals surface area contributed by atoms with E-state index in [1.165, 1.54) is 6.26 Å². The number of benzene rings is 2. The molecule has 2 aromatic carbocycles. The highest BCUT2D eigenvalue weighted by Crippen LogP contribution is 2.32. The number of aromatic nitrogens is 2. The number of anilines is 1. The molecule has 3 aromatic rings. The number of hydrogen-bond donors (Lipinski definition) is 0. The quantitative estimate of drug-likeness (QED) is 0.604. The molecule has 1 aliphatic rings. The lowest BCUT2D eigenvalue weighted by Crippen LogP contribution is -2.45. The first-order chi connectivity index (χ1) is 14.3. The second kappa shape index (κ2) is 8.41. The van der Waals surface area contributed by atoms with Crippen molar-refractivity contribution in [3.63, 3.8) is 0 Å². The van der Waals surface area contributed by atoms with E-state index < -0.39 is 10.0 Å². The van der Waals surface area contributed by atoms with Crippen molar-refractivity contribution in [3.05, 3.63) is 82.9 Å². The zero-order valence-electron chi connectivity index (χ0n) is 17.1. The number of fused-ring (bicyclic) bond motifs is 1. The number of hydrogen-bond acceptors (Lipinski definition) is 4. The van der Waals surface area contributed by atoms with Crippen molar-refractivity contribution in [2.45, 2.75) is 25.6 Å². The lowest BCUT2D eigenvalue weighted by molar-refractivity contribution is 0.320. The van der Waals surface area contributed by atoms with Gasteiger partial charge in [0.1, 0.15) is 0 Å². The number of rotatable bonds is 5. The first-order valence-electron chi connectivity index (χ1n) is 9.80. The summed E-state index contributed by atoms with van der Waals surface area (Å²) in [5.74, 6) is 0. The van der Waals surface area contributed by atoms with E-state index in [1.807, 2.05) is 66.3 Å². The van der Waals surface area contributed by atoms with Crippen LogP contribution in [0.3, 0.4) is 0 Å². The molecule has 0 N–H and O–H groups in total. The van der Waals surface area contributed by atoms with Crippen molar-refractivity contribution in [2.75, 3.05) is 17.7 Å². The molecule has 0 amide bonds. The summed E-state index contributed by atoms with van der Waals surface area (Å²) >= 11 is 6.27. The van der Waals surface area contributed by atoms with Crippen molar-refractivity contribution < 1.29 is 8.42 Å². The fourth-order valence-electron chi connectivity index (χ4n) is 4.05. The third-order valence-electron chi connectivity index (χ3n) is 5.56. The van der Waals surface area contributed by atoms with Gasteiger partial charge in [-0.05, 0) is 35.7 Å². The molecule has 1 unspecified atom stereocenters. The Bertz CT molecular complexity index is 1130. The van der Waals surface area contributed by atoms with Gasteiger partial charge in [0.05, 0.1) is 24.8 Å². The molecule has 1 aromatic heterocycles. The normalized spacial score (nSPS) is 17.6. The average Bonchev–Trinajstić information content (AvgIpc) is 3.02. The Kier molecular flexibility index (Phi) is 5.86. The van der Waals surface area contributed by atoms with Crippen LogP contribution in [0.1, 0.15) is 16.8 Å². The van der Waals surface area contributed by atoms with Crippen LogP contribution in [0, 0.1) is 0 Å². The highest BCUT2D eigenvalue weighted by atomic mass is 35.5. The van der Waals surface area contributed by atoms with Crippen LogP contribution in [0.15, 0.2) is 61.1 Å². The van der Waals surface area contributed by atoms with Crippen LogP contribution in [-0.4, -0.2) is 41.1 Å². The standard InChI is InChI=1S/C22H25ClN4O2S/c1-25-16-24-12-21(25)15-26-14-20(10-17-6-4-3-5-7-17)27(30(2,28)29)13-18-11-19(23)8-9-22(18)26/h3-9,11-12,16,20H,10,13-15H2,1-2H3. The molecule has 0 radical (unpaired) electrons. The summed E-state index contributed by atoms with van der Waals surface area (Å²) in [7, 11) is -1.46. The molecule has 6 nitrogen and oxygen atoms in total. The monoisotopic (exact) mass is 444 g/mol. The predicted molar refractivity (Wildman–Crippen MR) is 120 cm³/mol. The third-order valence-corrected chi connectivity index (χ3v) is 7.07. The molecular formula is C22H25ClN4O2S. The molecule has 30 heavy (non-hydrogen) atoms. The lowest BCUT2D eigenvalue weighted by atomic mass is 10.1. The molecule has 2 heterocycles. The van der Waals surface area contributed by atoms with Crippen LogP contribution in [0.4, 0.5) is 5.69 Å². The van der Waals surface area contributed by atoms with Gasteiger partial charge >= 0.3 is 0 Å². The fourth-order valence-corrected chi connectivity index (χ4v) is 5.30. The Morgan fingerprint density at radius 2 is 1.93 bits per heavy atom. The third kappa shape index (κ3) is 4.53. The van der Waals surface area contributed by atoms with Crippen LogP contribution < -0.4 is 4.90 Å². The summed E-state index contributed by atoms with van der Waals surface area (Å²) < 4.78 is 29.1. The van der Waals surface area contributed by atoms with Crippen LogP contribution in [-0.2, 0) is 36.6 Å². The average molecular weight is 445 g/mol. The molecule has 8 heteroatoms. The number of halogens is 1. The Morgan fingerprint density at radius 1 is 1.17 bits per heavy atom. The fraction of sp³-hybridized carbons (Fsp3) is 0.318. The summed E-state index contributed by atoms with van der Waals surface area (Å²) in [6.07, 6.45) is 5.55. The van der Waals surface area contributed by atoms with E-state index in [4.69, 9.17) is 11.6 Å². The van der Waals surface area contributed by atoms with Gasteiger partial charge in [0, 0.05) is 43.1 Å². The van der Waals surface area contributed by atoms with Crippen molar-refractivity contribution in [1.29, 1.82) is 0 Å². The van der Waals surface area contributed by atoms with Crippen molar-refractivity contribution in [1.82, 2.24) is 13.9 Å². The van der Waals surface area contributed by atoms with Gasteiger partial charge in [-0.25, -0.2) is 13.4 Å². The maximum absolute atomic E-state index is 12.8. The minimum absolute atomic E-state index is 0.207. The molecule has 1 atom stereocenters. The minimum atomic E-state index is -3.42. The van der Waals surface area contributed by atoms with Gasteiger partial charge in [0.25, 0.3) is 0 Å². The zero-order chi connectivity index (χ0) is 21.3. The van der Waals surface area contributed by atoms with Gasteiger partial charge in [0.15, 0.2) is 0 Å². The Hall–Kier alpha value is -2.35. The molecule has 1 aliphatic heterocycles. The summed E-state index contributed by atoms with van der Waals surface area (Å²) in [5, 5.41) is 0.601. The highest BCUT2D eigenvalue weighted by Gasteiger charge is 2.33. The van der Waals surface area contributed by atoms with Crippen molar-refractivity contribution >= 4 is 27.3 Å². The Morgan fingerprint density at radius 3 is 2.60 bits per heavy atom. The summed E-state index contributed by atoms with van der Waals surface area (Å²) in [6, 6.07) is 15.5. The molecule has 0 saturated carbocycles. The number of sulfonamides is 1. The molecule has 158 valence electrons. The molecular weight excluding hydrogens is 420 g/mol. The first kappa shape index (κ1) is 20.9. The minimum Gasteiger partial charge on any atom is -0.364 e. The maximum Gasteiger partial charge on any atom is 0.211 e. The van der Waals surface area contributed by atoms with Crippen LogP contribution in [0.2, 0.25) is 5.02 Å². The van der Waals surface area contributed by atoms with Gasteiger partial charge in [0.2, 0.25) is 10.0 Å². The summed E-state index contributed by atoms with van der Waals surface area (Å²) in [4.78, 5) is 6.47. The SMILES string of the molecule is Cn1cncc1CN1CC(Cc2ccccc2)N(S(C)(=O)=O)Cc2cc(Cl)ccc21. The van der Waals surface area contributed by atoms with Gasteiger partial charge in [-0.2, -0.15) is 4.31 Å². The van der Waals surface area contributed by atoms with Crippen LogP contribution in [0.25, 0.3) is 0 Å². The highest BCUT2D eigenvalue weighted by molar-refractivity contribution is 7.88. The van der Waals surface area contributed by atoms with E-state index in [9.17, 15) is 8.42 Å². The van der Waals surface area contributed by atoms with Gasteiger partial charge < -0.3 is 9.47 Å². The van der Waals surface area contributed by atoms with Crippen LogP contribution >= 0.6 is 11.6 Å². The smallest absolute Gasteiger partial charge is 0.211 e. The lowest BCUT2D eigenvalue weighted by Gasteiger charge is -2.31. The maximum atomic E-state index is 12.8. The molecule has 0 fully saturated rings. The van der Waals surface area contributed by atoms with Gasteiger partial charge in [-0.1, -0.05) is 41.9 Å². The van der Waals surface area contributed by atoms with E-state index in [1.54, 1.807) is 10.6 Å². The molecule has 4 rings (SSSR count). The van der Waals surface area contributed by atoms with Crippen molar-refractivity contribution in [2.24, 2.45) is 7.05 Å².